The molecule has 1 heterocycles. The molecule has 1 aromatic rings. The van der Waals surface area contributed by atoms with E-state index in [1.165, 1.54) is 12.1 Å². The molecule has 0 spiro atoms. The second kappa shape index (κ2) is 7.33. The Hall–Kier alpha value is -2.90. The zero-order valence-electron chi connectivity index (χ0n) is 14.3. The molecule has 0 unspecified atom stereocenters. The van der Waals surface area contributed by atoms with Crippen LogP contribution >= 0.6 is 0 Å². The summed E-state index contributed by atoms with van der Waals surface area (Å²) in [6, 6.07) is 6.18. The highest BCUT2D eigenvalue weighted by molar-refractivity contribution is 6.20. The molecule has 0 radical (unpaired) electrons. The molecular weight excluding hydrogens is 328 g/mol. The average Bonchev–Trinajstić information content (AvgIpc) is 2.84. The lowest BCUT2D eigenvalue weighted by molar-refractivity contribution is -0.153. The van der Waals surface area contributed by atoms with Crippen molar-refractivity contribution >= 4 is 23.9 Å². The maximum Gasteiger partial charge on any atom is 0.432 e. The number of carbonyl (C=O) groups excluding carboxylic acids is 4. The SMILES string of the molecule is CCC(C)(C)C(=O)OCCNC(=O)ON1C(=O)c2ccccc2C1=O. The number of esters is 1. The molecule has 1 aromatic carbocycles. The number of ether oxygens (including phenoxy) is 1. The van der Waals surface area contributed by atoms with Crippen molar-refractivity contribution in [1.82, 2.24) is 10.4 Å². The molecule has 1 aliphatic heterocycles. The number of imide groups is 1. The third kappa shape index (κ3) is 3.96. The Bertz CT molecular complexity index is 678. The highest BCUT2D eigenvalue weighted by Crippen LogP contribution is 2.23. The molecule has 8 heteroatoms. The summed E-state index contributed by atoms with van der Waals surface area (Å²) in [6.45, 7) is 5.35. The molecule has 0 aliphatic carbocycles. The van der Waals surface area contributed by atoms with E-state index >= 15 is 0 Å². The number of hydroxylamine groups is 2. The highest BCUT2D eigenvalue weighted by atomic mass is 16.7. The minimum absolute atomic E-state index is 0.00641. The molecule has 0 saturated carbocycles. The van der Waals surface area contributed by atoms with Crippen LogP contribution in [-0.4, -0.2) is 42.1 Å². The Morgan fingerprint density at radius 3 is 2.20 bits per heavy atom. The molecule has 0 saturated heterocycles. The van der Waals surface area contributed by atoms with Gasteiger partial charge in [-0.25, -0.2) is 4.79 Å². The predicted molar refractivity (Wildman–Crippen MR) is 86.5 cm³/mol. The van der Waals surface area contributed by atoms with Crippen molar-refractivity contribution in [2.24, 2.45) is 5.41 Å². The predicted octanol–water partition coefficient (Wildman–Crippen LogP) is 1.90. The summed E-state index contributed by atoms with van der Waals surface area (Å²) in [4.78, 5) is 52.3. The van der Waals surface area contributed by atoms with Gasteiger partial charge in [-0.1, -0.05) is 24.1 Å². The molecular formula is C17H20N2O6. The molecule has 8 nitrogen and oxygen atoms in total. The van der Waals surface area contributed by atoms with Gasteiger partial charge in [-0.2, -0.15) is 0 Å². The summed E-state index contributed by atoms with van der Waals surface area (Å²) in [7, 11) is 0. The summed E-state index contributed by atoms with van der Waals surface area (Å²) in [5.41, 5.74) is -0.243. The van der Waals surface area contributed by atoms with Crippen LogP contribution in [0, 0.1) is 5.41 Å². The summed E-state index contributed by atoms with van der Waals surface area (Å²) in [5, 5.41) is 2.73. The second-order valence-electron chi connectivity index (χ2n) is 6.13. The molecule has 134 valence electrons. The number of fused-ring (bicyclic) bond motifs is 1. The molecule has 0 fully saturated rings. The summed E-state index contributed by atoms with van der Waals surface area (Å²) in [5.74, 6) is -1.77. The van der Waals surface area contributed by atoms with Crippen LogP contribution in [0.15, 0.2) is 24.3 Å². The van der Waals surface area contributed by atoms with Crippen molar-refractivity contribution in [3.05, 3.63) is 35.4 Å². The zero-order valence-corrected chi connectivity index (χ0v) is 14.3. The molecule has 0 aromatic heterocycles. The van der Waals surface area contributed by atoms with Gasteiger partial charge in [0.1, 0.15) is 6.61 Å². The fourth-order valence-electron chi connectivity index (χ4n) is 2.00. The van der Waals surface area contributed by atoms with E-state index in [1.807, 2.05) is 6.92 Å². The normalized spacial score (nSPS) is 13.5. The van der Waals surface area contributed by atoms with Crippen molar-refractivity contribution in [2.45, 2.75) is 27.2 Å². The number of carbonyl (C=O) groups is 4. The Labute approximate surface area is 145 Å². The lowest BCUT2D eigenvalue weighted by Crippen LogP contribution is -2.38. The molecule has 3 amide bonds. The Morgan fingerprint density at radius 1 is 1.12 bits per heavy atom. The highest BCUT2D eigenvalue weighted by Gasteiger charge is 2.38. The molecule has 0 atom stereocenters. The molecule has 1 N–H and O–H groups in total. The van der Waals surface area contributed by atoms with E-state index in [9.17, 15) is 19.2 Å². The Balaban J connectivity index is 1.79. The van der Waals surface area contributed by atoms with Gasteiger partial charge in [0, 0.05) is 0 Å². The van der Waals surface area contributed by atoms with Crippen molar-refractivity contribution in [3.63, 3.8) is 0 Å². The van der Waals surface area contributed by atoms with Crippen LogP contribution in [0.5, 0.6) is 0 Å². The number of benzene rings is 1. The lowest BCUT2D eigenvalue weighted by atomic mass is 9.91. The second-order valence-corrected chi connectivity index (χ2v) is 6.13. The number of amides is 3. The molecule has 25 heavy (non-hydrogen) atoms. The van der Waals surface area contributed by atoms with Crippen LogP contribution in [0.3, 0.4) is 0 Å². The third-order valence-electron chi connectivity index (χ3n) is 3.97. The summed E-state index contributed by atoms with van der Waals surface area (Å²) < 4.78 is 5.05. The minimum Gasteiger partial charge on any atom is -0.463 e. The third-order valence-corrected chi connectivity index (χ3v) is 3.97. The first-order valence-corrected chi connectivity index (χ1v) is 7.88. The van der Waals surface area contributed by atoms with E-state index in [0.717, 1.165) is 0 Å². The topological polar surface area (TPSA) is 102 Å². The maximum absolute atomic E-state index is 12.0. The smallest absolute Gasteiger partial charge is 0.432 e. The van der Waals surface area contributed by atoms with E-state index in [-0.39, 0.29) is 30.2 Å². The van der Waals surface area contributed by atoms with Gasteiger partial charge in [0.2, 0.25) is 0 Å². The van der Waals surface area contributed by atoms with Crippen molar-refractivity contribution in [2.75, 3.05) is 13.2 Å². The number of nitrogens with one attached hydrogen (secondary N) is 1. The number of nitrogens with zero attached hydrogens (tertiary/aromatic N) is 1. The lowest BCUT2D eigenvalue weighted by Gasteiger charge is -2.20. The van der Waals surface area contributed by atoms with Gasteiger partial charge in [0.05, 0.1) is 23.1 Å². The van der Waals surface area contributed by atoms with Gasteiger partial charge in [-0.15, -0.1) is 0 Å². The summed E-state index contributed by atoms with van der Waals surface area (Å²) in [6.07, 6.45) is -0.360. The Morgan fingerprint density at radius 2 is 1.68 bits per heavy atom. The number of hydrogen-bond acceptors (Lipinski definition) is 6. The first kappa shape index (κ1) is 18.4. The first-order valence-electron chi connectivity index (χ1n) is 7.88. The van der Waals surface area contributed by atoms with Crippen molar-refractivity contribution < 1.29 is 28.8 Å². The van der Waals surface area contributed by atoms with Gasteiger partial charge < -0.3 is 14.9 Å². The van der Waals surface area contributed by atoms with Crippen molar-refractivity contribution in [3.8, 4) is 0 Å². The van der Waals surface area contributed by atoms with E-state index in [0.29, 0.717) is 11.5 Å². The van der Waals surface area contributed by atoms with Gasteiger partial charge in [-0.05, 0) is 32.4 Å². The van der Waals surface area contributed by atoms with E-state index in [2.05, 4.69) is 5.32 Å². The van der Waals surface area contributed by atoms with E-state index < -0.39 is 23.3 Å². The van der Waals surface area contributed by atoms with Crippen LogP contribution in [0.4, 0.5) is 4.79 Å². The van der Waals surface area contributed by atoms with Crippen LogP contribution in [0.25, 0.3) is 0 Å². The van der Waals surface area contributed by atoms with Crippen LogP contribution in [0.1, 0.15) is 47.9 Å². The van der Waals surface area contributed by atoms with Crippen LogP contribution < -0.4 is 5.32 Å². The largest absolute Gasteiger partial charge is 0.463 e. The standard InChI is InChI=1S/C17H20N2O6/c1-4-17(2,3)15(22)24-10-9-18-16(23)25-19-13(20)11-7-5-6-8-12(11)14(19)21/h5-8H,4,9-10H2,1-3H3,(H,18,23). The monoisotopic (exact) mass is 348 g/mol. The van der Waals surface area contributed by atoms with Gasteiger partial charge in [0.15, 0.2) is 0 Å². The first-order chi connectivity index (χ1) is 11.8. The summed E-state index contributed by atoms with van der Waals surface area (Å²) >= 11 is 0. The minimum atomic E-state index is -0.986. The fourth-order valence-corrected chi connectivity index (χ4v) is 2.00. The van der Waals surface area contributed by atoms with Crippen LogP contribution in [-0.2, 0) is 14.4 Å². The van der Waals surface area contributed by atoms with E-state index in [1.54, 1.807) is 26.0 Å². The fraction of sp³-hybridized carbons (Fsp3) is 0.412. The quantitative estimate of drug-likeness (QED) is 0.479. The van der Waals surface area contributed by atoms with Gasteiger partial charge in [-0.3, -0.25) is 14.4 Å². The molecule has 2 rings (SSSR count). The van der Waals surface area contributed by atoms with Gasteiger partial charge >= 0.3 is 12.1 Å². The molecule has 1 aliphatic rings. The average molecular weight is 348 g/mol. The van der Waals surface area contributed by atoms with E-state index in [4.69, 9.17) is 9.57 Å². The Kier molecular flexibility index (Phi) is 5.41. The maximum atomic E-state index is 12.0. The number of hydrogen-bond donors (Lipinski definition) is 1. The zero-order chi connectivity index (χ0) is 18.6. The number of rotatable bonds is 6. The van der Waals surface area contributed by atoms with Gasteiger partial charge in [0.25, 0.3) is 11.8 Å². The van der Waals surface area contributed by atoms with Crippen LogP contribution in [0.2, 0.25) is 0 Å². The molecule has 0 bridgehead atoms. The van der Waals surface area contributed by atoms with Crippen molar-refractivity contribution in [1.29, 1.82) is 0 Å².